The van der Waals surface area contributed by atoms with Gasteiger partial charge in [0.1, 0.15) is 17.4 Å². The Kier molecular flexibility index (Phi) is 6.16. The molecule has 136 valence electrons. The standard InChI is InChI=1S/C19H19ClFN3OS/c1-3-24-18(11-13-7-9-14(25-2)10-8-13)22-23-19(24)26-12-15-16(20)5-4-6-17(15)21/h4-10H,3,11-12H2,1-2H3. The summed E-state index contributed by atoms with van der Waals surface area (Å²) in [6.45, 7) is 2.78. The van der Waals surface area contributed by atoms with Gasteiger partial charge in [0, 0.05) is 29.3 Å². The third kappa shape index (κ3) is 4.19. The zero-order valence-electron chi connectivity index (χ0n) is 14.6. The van der Waals surface area contributed by atoms with E-state index < -0.39 is 0 Å². The SMILES string of the molecule is CCn1c(Cc2ccc(OC)cc2)nnc1SCc1c(F)cccc1Cl. The van der Waals surface area contributed by atoms with Crippen LogP contribution >= 0.6 is 23.4 Å². The van der Waals surface area contributed by atoms with E-state index in [1.807, 2.05) is 35.8 Å². The molecule has 0 radical (unpaired) electrons. The molecule has 0 amide bonds. The molecule has 0 saturated carbocycles. The second kappa shape index (κ2) is 8.56. The molecule has 0 aliphatic heterocycles. The maximum absolute atomic E-state index is 13.9. The molecular weight excluding hydrogens is 373 g/mol. The highest BCUT2D eigenvalue weighted by molar-refractivity contribution is 7.98. The van der Waals surface area contributed by atoms with Crippen LogP contribution in [-0.2, 0) is 18.7 Å². The van der Waals surface area contributed by atoms with Crippen molar-refractivity contribution in [2.24, 2.45) is 0 Å². The van der Waals surface area contributed by atoms with Gasteiger partial charge in [-0.1, -0.05) is 41.6 Å². The fraction of sp³-hybridized carbons (Fsp3) is 0.263. The number of nitrogens with zero attached hydrogens (tertiary/aromatic N) is 3. The largest absolute Gasteiger partial charge is 0.497 e. The molecule has 1 heterocycles. The van der Waals surface area contributed by atoms with Crippen molar-refractivity contribution in [3.63, 3.8) is 0 Å². The third-order valence-corrected chi connectivity index (χ3v) is 5.39. The van der Waals surface area contributed by atoms with Gasteiger partial charge >= 0.3 is 0 Å². The molecule has 0 aliphatic carbocycles. The van der Waals surface area contributed by atoms with Crippen molar-refractivity contribution < 1.29 is 9.13 Å². The van der Waals surface area contributed by atoms with Gasteiger partial charge in [-0.05, 0) is 36.8 Å². The smallest absolute Gasteiger partial charge is 0.191 e. The minimum atomic E-state index is -0.300. The molecule has 26 heavy (non-hydrogen) atoms. The highest BCUT2D eigenvalue weighted by Gasteiger charge is 2.14. The molecule has 0 saturated heterocycles. The Hall–Kier alpha value is -2.05. The van der Waals surface area contributed by atoms with Gasteiger partial charge in [-0.2, -0.15) is 0 Å². The van der Waals surface area contributed by atoms with Gasteiger partial charge in [0.25, 0.3) is 0 Å². The van der Waals surface area contributed by atoms with Gasteiger partial charge in [0.2, 0.25) is 0 Å². The fourth-order valence-corrected chi connectivity index (χ4v) is 3.97. The van der Waals surface area contributed by atoms with Crippen LogP contribution in [0.1, 0.15) is 23.9 Å². The van der Waals surface area contributed by atoms with Gasteiger partial charge in [-0.25, -0.2) is 4.39 Å². The third-order valence-electron chi connectivity index (χ3n) is 4.04. The van der Waals surface area contributed by atoms with Gasteiger partial charge in [-0.3, -0.25) is 0 Å². The van der Waals surface area contributed by atoms with Crippen molar-refractivity contribution >= 4 is 23.4 Å². The molecule has 3 rings (SSSR count). The van der Waals surface area contributed by atoms with Crippen LogP contribution in [0.5, 0.6) is 5.75 Å². The minimum absolute atomic E-state index is 0.300. The lowest BCUT2D eigenvalue weighted by molar-refractivity contribution is 0.414. The molecule has 3 aromatic rings. The van der Waals surface area contributed by atoms with E-state index in [2.05, 4.69) is 10.2 Å². The summed E-state index contributed by atoms with van der Waals surface area (Å²) in [6, 6.07) is 12.6. The van der Waals surface area contributed by atoms with E-state index in [1.54, 1.807) is 19.2 Å². The number of halogens is 2. The van der Waals surface area contributed by atoms with Crippen molar-refractivity contribution in [2.75, 3.05) is 7.11 Å². The fourth-order valence-electron chi connectivity index (χ4n) is 2.61. The molecule has 2 aromatic carbocycles. The first-order valence-electron chi connectivity index (χ1n) is 8.23. The number of hydrogen-bond donors (Lipinski definition) is 0. The molecule has 0 unspecified atom stereocenters. The lowest BCUT2D eigenvalue weighted by Crippen LogP contribution is -2.04. The lowest BCUT2D eigenvalue weighted by Gasteiger charge is -2.09. The van der Waals surface area contributed by atoms with Crippen LogP contribution < -0.4 is 4.74 Å². The van der Waals surface area contributed by atoms with Crippen LogP contribution in [0.15, 0.2) is 47.6 Å². The topological polar surface area (TPSA) is 39.9 Å². The Labute approximate surface area is 161 Å². The summed E-state index contributed by atoms with van der Waals surface area (Å²) in [6.07, 6.45) is 0.672. The minimum Gasteiger partial charge on any atom is -0.497 e. The Balaban J connectivity index is 1.75. The van der Waals surface area contributed by atoms with Crippen molar-refractivity contribution in [2.45, 2.75) is 30.8 Å². The molecule has 0 atom stereocenters. The van der Waals surface area contributed by atoms with Crippen LogP contribution in [-0.4, -0.2) is 21.9 Å². The Morgan fingerprint density at radius 1 is 1.15 bits per heavy atom. The molecule has 4 nitrogen and oxygen atoms in total. The number of aromatic nitrogens is 3. The van der Waals surface area contributed by atoms with Crippen molar-refractivity contribution in [3.8, 4) is 5.75 Å². The van der Waals surface area contributed by atoms with E-state index in [4.69, 9.17) is 16.3 Å². The van der Waals surface area contributed by atoms with Gasteiger partial charge in [0.15, 0.2) is 5.16 Å². The summed E-state index contributed by atoms with van der Waals surface area (Å²) < 4.78 is 21.2. The van der Waals surface area contributed by atoms with Gasteiger partial charge in [-0.15, -0.1) is 10.2 Å². The van der Waals surface area contributed by atoms with E-state index in [0.717, 1.165) is 28.8 Å². The second-order valence-electron chi connectivity index (χ2n) is 5.66. The summed E-state index contributed by atoms with van der Waals surface area (Å²) in [4.78, 5) is 0. The van der Waals surface area contributed by atoms with E-state index >= 15 is 0 Å². The summed E-state index contributed by atoms with van der Waals surface area (Å²) in [7, 11) is 1.65. The summed E-state index contributed by atoms with van der Waals surface area (Å²) in [5.41, 5.74) is 1.61. The molecule has 1 aromatic heterocycles. The number of rotatable bonds is 7. The average Bonchev–Trinajstić information content (AvgIpc) is 3.03. The van der Waals surface area contributed by atoms with E-state index in [-0.39, 0.29) is 5.82 Å². The zero-order chi connectivity index (χ0) is 18.5. The quantitative estimate of drug-likeness (QED) is 0.532. The maximum Gasteiger partial charge on any atom is 0.191 e. The molecule has 0 spiro atoms. The zero-order valence-corrected chi connectivity index (χ0v) is 16.1. The van der Waals surface area contributed by atoms with Crippen LogP contribution in [0.3, 0.4) is 0 Å². The molecule has 0 aliphatic rings. The number of methoxy groups -OCH3 is 1. The monoisotopic (exact) mass is 391 g/mol. The summed E-state index contributed by atoms with van der Waals surface area (Å²) in [5.74, 6) is 1.81. The molecule has 7 heteroatoms. The van der Waals surface area contributed by atoms with Crippen LogP contribution in [0.4, 0.5) is 4.39 Å². The molecule has 0 N–H and O–H groups in total. The first-order chi connectivity index (χ1) is 12.6. The first kappa shape index (κ1) is 18.7. The Morgan fingerprint density at radius 2 is 1.92 bits per heavy atom. The normalized spacial score (nSPS) is 10.9. The van der Waals surface area contributed by atoms with Crippen LogP contribution in [0.2, 0.25) is 5.02 Å². The molecular formula is C19H19ClFN3OS. The molecule has 0 fully saturated rings. The number of benzene rings is 2. The first-order valence-corrected chi connectivity index (χ1v) is 9.59. The molecule has 0 bridgehead atoms. The number of hydrogen-bond acceptors (Lipinski definition) is 4. The predicted octanol–water partition coefficient (Wildman–Crippen LogP) is 4.98. The summed E-state index contributed by atoms with van der Waals surface area (Å²) in [5, 5.41) is 9.78. The van der Waals surface area contributed by atoms with E-state index in [0.29, 0.717) is 22.8 Å². The second-order valence-corrected chi connectivity index (χ2v) is 7.01. The Morgan fingerprint density at radius 3 is 2.58 bits per heavy atom. The van der Waals surface area contributed by atoms with Crippen molar-refractivity contribution in [3.05, 3.63) is 70.3 Å². The van der Waals surface area contributed by atoms with Crippen LogP contribution in [0.25, 0.3) is 0 Å². The highest BCUT2D eigenvalue weighted by Crippen LogP contribution is 2.28. The highest BCUT2D eigenvalue weighted by atomic mass is 35.5. The van der Waals surface area contributed by atoms with E-state index in [9.17, 15) is 4.39 Å². The van der Waals surface area contributed by atoms with E-state index in [1.165, 1.54) is 17.8 Å². The van der Waals surface area contributed by atoms with Crippen molar-refractivity contribution in [1.82, 2.24) is 14.8 Å². The lowest BCUT2D eigenvalue weighted by atomic mass is 10.1. The average molecular weight is 392 g/mol. The Bertz CT molecular complexity index is 863. The van der Waals surface area contributed by atoms with Crippen molar-refractivity contribution in [1.29, 1.82) is 0 Å². The summed E-state index contributed by atoms with van der Waals surface area (Å²) >= 11 is 7.54. The van der Waals surface area contributed by atoms with Gasteiger partial charge in [0.05, 0.1) is 7.11 Å². The number of ether oxygens (including phenoxy) is 1. The van der Waals surface area contributed by atoms with Crippen LogP contribution in [0, 0.1) is 5.82 Å². The predicted molar refractivity (Wildman–Crippen MR) is 102 cm³/mol. The number of thioether (sulfide) groups is 1. The van der Waals surface area contributed by atoms with Gasteiger partial charge < -0.3 is 9.30 Å². The maximum atomic E-state index is 13.9.